The number of aromatic hydroxyl groups is 1. The Balaban J connectivity index is 1.66. The van der Waals surface area contributed by atoms with Crippen molar-refractivity contribution in [3.05, 3.63) is 88.0 Å². The fourth-order valence-corrected chi connectivity index (χ4v) is 5.81. The predicted octanol–water partition coefficient (Wildman–Crippen LogP) is 9.09. The van der Waals surface area contributed by atoms with Crippen LogP contribution in [0.3, 0.4) is 0 Å². The van der Waals surface area contributed by atoms with Gasteiger partial charge in [-0.1, -0.05) is 110 Å². The fraction of sp³-hybridized carbons (Fsp3) is 0.457. The van der Waals surface area contributed by atoms with Gasteiger partial charge in [0.15, 0.2) is 0 Å². The number of aryl methyl sites for hydroxylation is 1. The average Bonchev–Trinajstić information content (AvgIpc) is 3.44. The molecule has 1 aliphatic rings. The van der Waals surface area contributed by atoms with Crippen LogP contribution in [0, 0.1) is 17.8 Å². The molecule has 0 saturated heterocycles. The van der Waals surface area contributed by atoms with Gasteiger partial charge in [0.05, 0.1) is 0 Å². The van der Waals surface area contributed by atoms with Crippen LogP contribution < -0.4 is 10.1 Å². The molecule has 1 amide bonds. The summed E-state index contributed by atoms with van der Waals surface area (Å²) in [6.07, 6.45) is 1.01. The van der Waals surface area contributed by atoms with Crippen LogP contribution in [0.25, 0.3) is 0 Å². The summed E-state index contributed by atoms with van der Waals surface area (Å²) >= 11 is 0. The third-order valence-corrected chi connectivity index (χ3v) is 8.34. The Morgan fingerprint density at radius 2 is 1.51 bits per heavy atom. The smallest absolute Gasteiger partial charge is 0.417 e. The number of amides is 1. The molecule has 0 aliphatic heterocycles. The molecule has 0 fully saturated rings. The first kappa shape index (κ1) is 28.7. The molecule has 208 valence electrons. The van der Waals surface area contributed by atoms with Gasteiger partial charge in [-0.05, 0) is 64.8 Å². The van der Waals surface area contributed by atoms with Crippen LogP contribution >= 0.6 is 0 Å². The number of hydrogen-bond acceptors (Lipinski definition) is 3. The molecule has 0 bridgehead atoms. The number of phenols is 1. The first-order chi connectivity index (χ1) is 17.9. The minimum absolute atomic E-state index is 0.0886. The van der Waals surface area contributed by atoms with E-state index in [2.05, 4.69) is 91.9 Å². The Labute approximate surface area is 234 Å². The van der Waals surface area contributed by atoms with Crippen molar-refractivity contribution in [1.29, 1.82) is 0 Å². The largest absolute Gasteiger partial charge is 0.507 e. The lowest BCUT2D eigenvalue weighted by atomic mass is 9.69. The van der Waals surface area contributed by atoms with Crippen LogP contribution in [0.2, 0.25) is 0 Å². The van der Waals surface area contributed by atoms with E-state index in [4.69, 9.17) is 4.74 Å². The standard InChI is InChI=1S/C35H45NO3/c1-22-14-17-25(18-15-22)36-31(38)39-30-24(12-11-13-27(30)33(5,6)7)21-34(8,9)35(10)26-19-16-23(20-32(2,3)4)29(37)28(26)35/h11-19,37H,20-21H2,1-10H3,(H,36,38). The highest BCUT2D eigenvalue weighted by Gasteiger charge is 2.58. The quantitative estimate of drug-likeness (QED) is 0.336. The van der Waals surface area contributed by atoms with Crippen LogP contribution in [0.1, 0.15) is 95.7 Å². The molecule has 1 aliphatic carbocycles. The number of anilines is 1. The highest BCUT2D eigenvalue weighted by atomic mass is 16.6. The Morgan fingerprint density at radius 1 is 0.872 bits per heavy atom. The molecular weight excluding hydrogens is 482 g/mol. The van der Waals surface area contributed by atoms with E-state index < -0.39 is 6.09 Å². The van der Waals surface area contributed by atoms with Crippen molar-refractivity contribution in [2.45, 2.75) is 92.9 Å². The Bertz CT molecular complexity index is 1390. The van der Waals surface area contributed by atoms with Crippen molar-refractivity contribution in [1.82, 2.24) is 0 Å². The summed E-state index contributed by atoms with van der Waals surface area (Å²) in [7, 11) is 0. The van der Waals surface area contributed by atoms with Gasteiger partial charge < -0.3 is 9.84 Å². The number of carbonyl (C=O) groups is 1. The van der Waals surface area contributed by atoms with Crippen LogP contribution in [0.15, 0.2) is 54.6 Å². The van der Waals surface area contributed by atoms with Crippen LogP contribution in [0.5, 0.6) is 11.5 Å². The van der Waals surface area contributed by atoms with E-state index in [9.17, 15) is 9.90 Å². The number of ether oxygens (including phenoxy) is 1. The molecule has 4 heteroatoms. The van der Waals surface area contributed by atoms with Gasteiger partial charge in [-0.25, -0.2) is 4.79 Å². The molecule has 0 spiro atoms. The average molecular weight is 528 g/mol. The summed E-state index contributed by atoms with van der Waals surface area (Å²) in [5.41, 5.74) is 6.43. The minimum atomic E-state index is -0.500. The second kappa shape index (κ2) is 9.73. The van der Waals surface area contributed by atoms with E-state index in [1.165, 1.54) is 5.56 Å². The normalized spacial score (nSPS) is 17.0. The molecule has 3 aromatic carbocycles. The maximum Gasteiger partial charge on any atom is 0.417 e. The summed E-state index contributed by atoms with van der Waals surface area (Å²) in [5.74, 6) is 1.06. The van der Waals surface area contributed by atoms with Crippen molar-refractivity contribution >= 4 is 11.8 Å². The number of phenolic OH excluding ortho intramolecular Hbond substituents is 1. The number of rotatable bonds is 6. The van der Waals surface area contributed by atoms with Gasteiger partial charge in [0, 0.05) is 22.2 Å². The molecule has 0 aromatic heterocycles. The predicted molar refractivity (Wildman–Crippen MR) is 161 cm³/mol. The van der Waals surface area contributed by atoms with E-state index in [0.717, 1.165) is 34.2 Å². The van der Waals surface area contributed by atoms with Crippen molar-refractivity contribution in [3.8, 4) is 11.5 Å². The topological polar surface area (TPSA) is 58.6 Å². The lowest BCUT2D eigenvalue weighted by Gasteiger charge is -2.34. The van der Waals surface area contributed by atoms with Gasteiger partial charge in [0.1, 0.15) is 11.5 Å². The van der Waals surface area contributed by atoms with Crippen LogP contribution in [-0.2, 0) is 23.7 Å². The number of fused-ring (bicyclic) bond motifs is 1. The lowest BCUT2D eigenvalue weighted by Crippen LogP contribution is -2.31. The SMILES string of the molecule is Cc1ccc(NC(=O)Oc2c(CC(C)(C)C3(C)c4ccc(CC(C)(C)C)c(O)c43)cccc2C(C)(C)C)cc1. The number of nitrogens with one attached hydrogen (secondary N) is 1. The maximum absolute atomic E-state index is 13.1. The monoisotopic (exact) mass is 527 g/mol. The number of para-hydroxylation sites is 1. The summed E-state index contributed by atoms with van der Waals surface area (Å²) in [5, 5.41) is 14.2. The first-order valence-electron chi connectivity index (χ1n) is 14.0. The number of carbonyl (C=O) groups excluding carboxylic acids is 1. The highest BCUT2D eigenvalue weighted by Crippen LogP contribution is 2.65. The third kappa shape index (κ3) is 5.71. The van der Waals surface area contributed by atoms with E-state index in [0.29, 0.717) is 23.6 Å². The van der Waals surface area contributed by atoms with Crippen LogP contribution in [0.4, 0.5) is 10.5 Å². The zero-order chi connectivity index (χ0) is 29.0. The Kier molecular flexibility index (Phi) is 7.17. The summed E-state index contributed by atoms with van der Waals surface area (Å²) < 4.78 is 6.09. The molecule has 2 N–H and O–H groups in total. The Hall–Kier alpha value is -3.27. The highest BCUT2D eigenvalue weighted by molar-refractivity contribution is 5.86. The first-order valence-corrected chi connectivity index (χ1v) is 14.0. The Morgan fingerprint density at radius 3 is 2.10 bits per heavy atom. The fourth-order valence-electron chi connectivity index (χ4n) is 5.81. The van der Waals surface area contributed by atoms with Crippen molar-refractivity contribution in [3.63, 3.8) is 0 Å². The van der Waals surface area contributed by atoms with Crippen molar-refractivity contribution in [2.24, 2.45) is 10.8 Å². The molecular formula is C35H45NO3. The van der Waals surface area contributed by atoms with E-state index in [1.807, 2.05) is 37.3 Å². The van der Waals surface area contributed by atoms with Gasteiger partial charge in [-0.2, -0.15) is 0 Å². The number of benzene rings is 3. The van der Waals surface area contributed by atoms with Crippen LogP contribution in [-0.4, -0.2) is 11.2 Å². The van der Waals surface area contributed by atoms with E-state index >= 15 is 0 Å². The molecule has 39 heavy (non-hydrogen) atoms. The van der Waals surface area contributed by atoms with Gasteiger partial charge in [0.25, 0.3) is 0 Å². The molecule has 1 unspecified atom stereocenters. The van der Waals surface area contributed by atoms with E-state index in [-0.39, 0.29) is 21.7 Å². The third-order valence-electron chi connectivity index (χ3n) is 8.34. The molecule has 0 radical (unpaired) electrons. The minimum Gasteiger partial charge on any atom is -0.507 e. The van der Waals surface area contributed by atoms with E-state index in [1.54, 1.807) is 0 Å². The zero-order valence-corrected chi connectivity index (χ0v) is 25.4. The van der Waals surface area contributed by atoms with Gasteiger partial charge in [-0.3, -0.25) is 5.32 Å². The molecule has 0 saturated carbocycles. The molecule has 4 nitrogen and oxygen atoms in total. The second-order valence-electron chi connectivity index (χ2n) is 14.3. The van der Waals surface area contributed by atoms with Gasteiger partial charge in [-0.15, -0.1) is 0 Å². The van der Waals surface area contributed by atoms with Crippen molar-refractivity contribution in [2.75, 3.05) is 5.32 Å². The zero-order valence-electron chi connectivity index (χ0n) is 25.4. The molecule has 0 heterocycles. The lowest BCUT2D eigenvalue weighted by molar-refractivity contribution is 0.211. The number of hydrogen-bond donors (Lipinski definition) is 2. The molecule has 3 aromatic rings. The van der Waals surface area contributed by atoms with Crippen molar-refractivity contribution < 1.29 is 14.6 Å². The summed E-state index contributed by atoms with van der Waals surface area (Å²) in [4.78, 5) is 13.1. The second-order valence-corrected chi connectivity index (χ2v) is 14.3. The summed E-state index contributed by atoms with van der Waals surface area (Å²) in [6, 6.07) is 18.1. The molecule has 4 rings (SSSR count). The van der Waals surface area contributed by atoms with Gasteiger partial charge in [0.2, 0.25) is 0 Å². The molecule has 1 atom stereocenters. The maximum atomic E-state index is 13.1. The van der Waals surface area contributed by atoms with Gasteiger partial charge >= 0.3 is 6.09 Å². The summed E-state index contributed by atoms with van der Waals surface area (Å²) in [6.45, 7) is 21.7.